The van der Waals surface area contributed by atoms with Gasteiger partial charge in [0, 0.05) is 15.7 Å². The predicted molar refractivity (Wildman–Crippen MR) is 84.0 cm³/mol. The summed E-state index contributed by atoms with van der Waals surface area (Å²) >= 11 is 11.5. The SMILES string of the molecule is O=C(COc1cc(Cl)ccc1C(=O)O)Nc1ccc(Cl)cc1. The van der Waals surface area contributed by atoms with Crippen LogP contribution in [0.4, 0.5) is 5.69 Å². The molecule has 0 radical (unpaired) electrons. The molecule has 1 amide bonds. The molecule has 22 heavy (non-hydrogen) atoms. The molecule has 0 fully saturated rings. The van der Waals surface area contributed by atoms with E-state index in [0.717, 1.165) is 0 Å². The monoisotopic (exact) mass is 339 g/mol. The van der Waals surface area contributed by atoms with Gasteiger partial charge in [0.05, 0.1) is 0 Å². The van der Waals surface area contributed by atoms with Crippen molar-refractivity contribution in [1.29, 1.82) is 0 Å². The summed E-state index contributed by atoms with van der Waals surface area (Å²) in [6, 6.07) is 10.7. The van der Waals surface area contributed by atoms with Crippen LogP contribution in [0.25, 0.3) is 0 Å². The summed E-state index contributed by atoms with van der Waals surface area (Å²) in [5.41, 5.74) is 0.492. The number of carbonyl (C=O) groups is 2. The summed E-state index contributed by atoms with van der Waals surface area (Å²) < 4.78 is 5.23. The molecule has 0 aliphatic carbocycles. The Labute approximate surface area is 136 Å². The zero-order valence-corrected chi connectivity index (χ0v) is 12.7. The first-order valence-corrected chi connectivity index (χ1v) is 6.92. The lowest BCUT2D eigenvalue weighted by Crippen LogP contribution is -2.20. The van der Waals surface area contributed by atoms with Gasteiger partial charge in [-0.3, -0.25) is 4.79 Å². The Balaban J connectivity index is 2.00. The van der Waals surface area contributed by atoms with Crippen LogP contribution in [0, 0.1) is 0 Å². The smallest absolute Gasteiger partial charge is 0.339 e. The third-order valence-electron chi connectivity index (χ3n) is 2.66. The maximum absolute atomic E-state index is 11.8. The van der Waals surface area contributed by atoms with Crippen molar-refractivity contribution in [2.24, 2.45) is 0 Å². The number of nitrogens with one attached hydrogen (secondary N) is 1. The molecule has 114 valence electrons. The number of ether oxygens (including phenoxy) is 1. The van der Waals surface area contributed by atoms with Gasteiger partial charge in [0.15, 0.2) is 6.61 Å². The number of carbonyl (C=O) groups excluding carboxylic acids is 1. The quantitative estimate of drug-likeness (QED) is 0.870. The molecule has 0 aliphatic heterocycles. The van der Waals surface area contributed by atoms with Gasteiger partial charge >= 0.3 is 5.97 Å². The molecule has 2 N–H and O–H groups in total. The molecule has 2 aromatic rings. The second-order valence-corrected chi connectivity index (χ2v) is 5.16. The van der Waals surface area contributed by atoms with Crippen LogP contribution in [-0.2, 0) is 4.79 Å². The molecule has 2 rings (SSSR count). The molecular weight excluding hydrogens is 329 g/mol. The molecule has 0 saturated heterocycles. The van der Waals surface area contributed by atoms with Gasteiger partial charge in [-0.25, -0.2) is 4.79 Å². The summed E-state index contributed by atoms with van der Waals surface area (Å²) in [4.78, 5) is 22.9. The predicted octanol–water partition coefficient (Wildman–Crippen LogP) is 3.71. The Morgan fingerprint density at radius 3 is 2.32 bits per heavy atom. The van der Waals surface area contributed by atoms with Gasteiger partial charge in [0.1, 0.15) is 11.3 Å². The zero-order valence-electron chi connectivity index (χ0n) is 11.2. The summed E-state index contributed by atoms with van der Waals surface area (Å²) in [5, 5.41) is 12.5. The maximum Gasteiger partial charge on any atom is 0.339 e. The van der Waals surface area contributed by atoms with Crippen LogP contribution in [0.1, 0.15) is 10.4 Å². The first kappa shape index (κ1) is 16.1. The molecule has 2 aromatic carbocycles. The molecule has 0 atom stereocenters. The molecule has 7 heteroatoms. The Morgan fingerprint density at radius 1 is 1.05 bits per heavy atom. The minimum Gasteiger partial charge on any atom is -0.483 e. The largest absolute Gasteiger partial charge is 0.483 e. The van der Waals surface area contributed by atoms with Crippen LogP contribution in [0.2, 0.25) is 10.0 Å². The number of benzene rings is 2. The third-order valence-corrected chi connectivity index (χ3v) is 3.15. The fourth-order valence-electron chi connectivity index (χ4n) is 1.67. The van der Waals surface area contributed by atoms with Gasteiger partial charge < -0.3 is 15.2 Å². The Hall–Kier alpha value is -2.24. The van der Waals surface area contributed by atoms with Crippen molar-refractivity contribution in [3.63, 3.8) is 0 Å². The van der Waals surface area contributed by atoms with E-state index in [-0.39, 0.29) is 17.9 Å². The van der Waals surface area contributed by atoms with E-state index in [1.807, 2.05) is 0 Å². The summed E-state index contributed by atoms with van der Waals surface area (Å²) in [6.45, 7) is -0.344. The van der Waals surface area contributed by atoms with Crippen molar-refractivity contribution in [2.75, 3.05) is 11.9 Å². The van der Waals surface area contributed by atoms with Crippen molar-refractivity contribution in [3.8, 4) is 5.75 Å². The number of carboxylic acids is 1. The third kappa shape index (κ3) is 4.38. The van der Waals surface area contributed by atoms with Gasteiger partial charge in [-0.1, -0.05) is 23.2 Å². The van der Waals surface area contributed by atoms with Gasteiger partial charge in [-0.05, 0) is 42.5 Å². The van der Waals surface area contributed by atoms with Crippen molar-refractivity contribution in [1.82, 2.24) is 0 Å². The maximum atomic E-state index is 11.8. The Morgan fingerprint density at radius 2 is 1.68 bits per heavy atom. The van der Waals surface area contributed by atoms with Crippen LogP contribution in [0.3, 0.4) is 0 Å². The van der Waals surface area contributed by atoms with Crippen molar-refractivity contribution in [2.45, 2.75) is 0 Å². The topological polar surface area (TPSA) is 75.6 Å². The molecule has 5 nitrogen and oxygen atoms in total. The number of rotatable bonds is 5. The average molecular weight is 340 g/mol. The van der Waals surface area contributed by atoms with E-state index in [1.165, 1.54) is 18.2 Å². The second-order valence-electron chi connectivity index (χ2n) is 4.29. The van der Waals surface area contributed by atoms with Crippen molar-refractivity contribution in [3.05, 3.63) is 58.1 Å². The number of halogens is 2. The van der Waals surface area contributed by atoms with Crippen molar-refractivity contribution < 1.29 is 19.4 Å². The standard InChI is InChI=1S/C15H11Cl2NO4/c16-9-1-4-11(5-2-9)18-14(19)8-22-13-7-10(17)3-6-12(13)15(20)21/h1-7H,8H2,(H,18,19)(H,20,21). The first-order valence-electron chi connectivity index (χ1n) is 6.17. The lowest BCUT2D eigenvalue weighted by Gasteiger charge is -2.10. The molecule has 0 aliphatic rings. The van der Waals surface area contributed by atoms with Crippen LogP contribution >= 0.6 is 23.2 Å². The number of amides is 1. The summed E-state index contributed by atoms with van der Waals surface area (Å²) in [5.74, 6) is -1.56. The number of aromatic carboxylic acids is 1. The number of hydrogen-bond donors (Lipinski definition) is 2. The van der Waals surface area contributed by atoms with Gasteiger partial charge in [0.2, 0.25) is 0 Å². The molecular formula is C15H11Cl2NO4. The number of anilines is 1. The number of carboxylic acid groups (broad SMARTS) is 1. The van der Waals surface area contributed by atoms with E-state index >= 15 is 0 Å². The second kappa shape index (κ2) is 7.15. The summed E-state index contributed by atoms with van der Waals surface area (Å²) in [7, 11) is 0. The van der Waals surface area contributed by atoms with E-state index in [0.29, 0.717) is 15.7 Å². The molecule has 0 bridgehead atoms. The summed E-state index contributed by atoms with van der Waals surface area (Å²) in [6.07, 6.45) is 0. The molecule has 0 unspecified atom stereocenters. The lowest BCUT2D eigenvalue weighted by molar-refractivity contribution is -0.118. The minimum absolute atomic E-state index is 0.0336. The van der Waals surface area contributed by atoms with Crippen LogP contribution < -0.4 is 10.1 Å². The van der Waals surface area contributed by atoms with Crippen LogP contribution in [0.5, 0.6) is 5.75 Å². The van der Waals surface area contributed by atoms with Crippen molar-refractivity contribution >= 4 is 40.8 Å². The highest BCUT2D eigenvalue weighted by Gasteiger charge is 2.13. The van der Waals surface area contributed by atoms with Gasteiger partial charge in [0.25, 0.3) is 5.91 Å². The van der Waals surface area contributed by atoms with E-state index in [9.17, 15) is 9.59 Å². The molecule has 0 aromatic heterocycles. The number of hydrogen-bond acceptors (Lipinski definition) is 3. The van der Waals surface area contributed by atoms with E-state index < -0.39 is 11.9 Å². The normalized spacial score (nSPS) is 10.1. The lowest BCUT2D eigenvalue weighted by atomic mass is 10.2. The average Bonchev–Trinajstić information content (AvgIpc) is 2.47. The first-order chi connectivity index (χ1) is 10.5. The van der Waals surface area contributed by atoms with E-state index in [2.05, 4.69) is 5.32 Å². The Bertz CT molecular complexity index is 701. The van der Waals surface area contributed by atoms with Crippen LogP contribution in [-0.4, -0.2) is 23.6 Å². The van der Waals surface area contributed by atoms with Gasteiger partial charge in [-0.15, -0.1) is 0 Å². The molecule has 0 saturated carbocycles. The van der Waals surface area contributed by atoms with E-state index in [1.54, 1.807) is 24.3 Å². The fourth-order valence-corrected chi connectivity index (χ4v) is 1.95. The minimum atomic E-state index is -1.16. The highest BCUT2D eigenvalue weighted by atomic mass is 35.5. The molecule has 0 heterocycles. The highest BCUT2D eigenvalue weighted by molar-refractivity contribution is 6.31. The highest BCUT2D eigenvalue weighted by Crippen LogP contribution is 2.23. The fraction of sp³-hybridized carbons (Fsp3) is 0.0667. The zero-order chi connectivity index (χ0) is 16.1. The van der Waals surface area contributed by atoms with Crippen LogP contribution in [0.15, 0.2) is 42.5 Å². The Kier molecular flexibility index (Phi) is 5.25. The van der Waals surface area contributed by atoms with E-state index in [4.69, 9.17) is 33.0 Å². The van der Waals surface area contributed by atoms with Gasteiger partial charge in [-0.2, -0.15) is 0 Å². The molecule has 0 spiro atoms.